The van der Waals surface area contributed by atoms with Crippen molar-refractivity contribution in [2.45, 2.75) is 38.3 Å². The van der Waals surface area contributed by atoms with Crippen LogP contribution in [0.25, 0.3) is 0 Å². The lowest BCUT2D eigenvalue weighted by molar-refractivity contribution is 0.392. The number of anilines is 1. The molecule has 17 heavy (non-hydrogen) atoms. The van der Waals surface area contributed by atoms with Crippen molar-refractivity contribution in [2.75, 3.05) is 11.4 Å². The molecule has 1 fully saturated rings. The quantitative estimate of drug-likeness (QED) is 0.886. The van der Waals surface area contributed by atoms with Crippen LogP contribution in [0, 0.1) is 5.82 Å². The molecule has 0 amide bonds. The number of piperidine rings is 1. The molecule has 1 saturated heterocycles. The predicted molar refractivity (Wildman–Crippen MR) is 67.8 cm³/mol. The zero-order chi connectivity index (χ0) is 12.4. The summed E-state index contributed by atoms with van der Waals surface area (Å²) in [7, 11) is 0. The summed E-state index contributed by atoms with van der Waals surface area (Å²) in [5.74, 6) is 0.00162. The molecule has 94 valence electrons. The Bertz CT molecular complexity index is 399. The highest BCUT2D eigenvalue weighted by Gasteiger charge is 2.29. The molecule has 2 unspecified atom stereocenters. The van der Waals surface area contributed by atoms with Gasteiger partial charge in [-0.1, -0.05) is 11.6 Å². The van der Waals surface area contributed by atoms with Gasteiger partial charge in [-0.15, -0.1) is 0 Å². The maximum atomic E-state index is 13.9. The van der Waals surface area contributed by atoms with Crippen LogP contribution < -0.4 is 10.6 Å². The lowest BCUT2D eigenvalue weighted by Crippen LogP contribution is -2.49. The summed E-state index contributed by atoms with van der Waals surface area (Å²) < 4.78 is 13.9. The van der Waals surface area contributed by atoms with E-state index in [-0.39, 0.29) is 17.9 Å². The van der Waals surface area contributed by atoms with E-state index < -0.39 is 0 Å². The minimum atomic E-state index is -0.371. The highest BCUT2D eigenvalue weighted by molar-refractivity contribution is 6.30. The third-order valence-corrected chi connectivity index (χ3v) is 3.54. The molecule has 0 spiro atoms. The van der Waals surface area contributed by atoms with Gasteiger partial charge in [-0.3, -0.25) is 0 Å². The van der Waals surface area contributed by atoms with Gasteiger partial charge < -0.3 is 10.6 Å². The molecular formula is C12H17ClFN3. The second-order valence-electron chi connectivity index (χ2n) is 4.54. The van der Waals surface area contributed by atoms with Crippen molar-refractivity contribution < 1.29 is 4.39 Å². The van der Waals surface area contributed by atoms with Gasteiger partial charge in [-0.25, -0.2) is 9.37 Å². The Kier molecular flexibility index (Phi) is 3.84. The molecule has 2 heterocycles. The monoisotopic (exact) mass is 257 g/mol. The molecule has 0 bridgehead atoms. The predicted octanol–water partition coefficient (Wildman–Crippen LogP) is 2.58. The van der Waals surface area contributed by atoms with Gasteiger partial charge in [-0.2, -0.15) is 0 Å². The Balaban J connectivity index is 2.34. The number of pyridine rings is 1. The number of nitrogens with zero attached hydrogens (tertiary/aromatic N) is 2. The Morgan fingerprint density at radius 2 is 2.35 bits per heavy atom. The number of hydrogen-bond donors (Lipinski definition) is 1. The minimum absolute atomic E-state index is 0.168. The fourth-order valence-electron chi connectivity index (χ4n) is 2.50. The van der Waals surface area contributed by atoms with Crippen molar-refractivity contribution in [2.24, 2.45) is 5.73 Å². The van der Waals surface area contributed by atoms with E-state index in [1.54, 1.807) is 0 Å². The molecule has 0 radical (unpaired) electrons. The maximum absolute atomic E-state index is 13.9. The van der Waals surface area contributed by atoms with Gasteiger partial charge >= 0.3 is 0 Å². The molecule has 2 N–H and O–H groups in total. The van der Waals surface area contributed by atoms with Gasteiger partial charge in [0, 0.05) is 24.8 Å². The van der Waals surface area contributed by atoms with Gasteiger partial charge in [0.05, 0.1) is 5.02 Å². The van der Waals surface area contributed by atoms with E-state index in [1.165, 1.54) is 12.3 Å². The van der Waals surface area contributed by atoms with Crippen LogP contribution in [0.1, 0.15) is 26.2 Å². The van der Waals surface area contributed by atoms with E-state index in [1.807, 2.05) is 4.90 Å². The van der Waals surface area contributed by atoms with Crippen molar-refractivity contribution in [3.8, 4) is 0 Å². The highest BCUT2D eigenvalue weighted by atomic mass is 35.5. The Morgan fingerprint density at radius 3 is 3.00 bits per heavy atom. The fourth-order valence-corrected chi connectivity index (χ4v) is 2.64. The van der Waals surface area contributed by atoms with Crippen LogP contribution in [0.5, 0.6) is 0 Å². The first-order valence-electron chi connectivity index (χ1n) is 5.93. The third-order valence-electron chi connectivity index (χ3n) is 3.33. The van der Waals surface area contributed by atoms with Crippen LogP contribution >= 0.6 is 11.6 Å². The van der Waals surface area contributed by atoms with Crippen molar-refractivity contribution in [3.63, 3.8) is 0 Å². The van der Waals surface area contributed by atoms with Gasteiger partial charge in [0.1, 0.15) is 0 Å². The van der Waals surface area contributed by atoms with Crippen LogP contribution in [0.3, 0.4) is 0 Å². The van der Waals surface area contributed by atoms with E-state index in [0.29, 0.717) is 17.4 Å². The van der Waals surface area contributed by atoms with Crippen LogP contribution in [-0.4, -0.2) is 23.6 Å². The zero-order valence-corrected chi connectivity index (χ0v) is 10.6. The topological polar surface area (TPSA) is 42.1 Å². The molecule has 3 nitrogen and oxygen atoms in total. The number of nitrogens with two attached hydrogens (primary N) is 1. The lowest BCUT2D eigenvalue weighted by atomic mass is 9.96. The lowest BCUT2D eigenvalue weighted by Gasteiger charge is -2.41. The number of hydrogen-bond acceptors (Lipinski definition) is 3. The Hall–Kier alpha value is -0.870. The first kappa shape index (κ1) is 12.6. The molecule has 1 aliphatic heterocycles. The Labute approximate surface area is 106 Å². The average Bonchev–Trinajstić information content (AvgIpc) is 2.30. The molecule has 2 rings (SSSR count). The molecule has 1 aromatic rings. The molecule has 0 aromatic carbocycles. The smallest absolute Gasteiger partial charge is 0.167 e. The van der Waals surface area contributed by atoms with E-state index >= 15 is 0 Å². The summed E-state index contributed by atoms with van der Waals surface area (Å²) in [6, 6.07) is 1.74. The summed E-state index contributed by atoms with van der Waals surface area (Å²) in [6.07, 6.45) is 4.65. The van der Waals surface area contributed by atoms with Crippen molar-refractivity contribution in [1.82, 2.24) is 4.98 Å². The molecular weight excluding hydrogens is 241 g/mol. The van der Waals surface area contributed by atoms with Crippen molar-refractivity contribution >= 4 is 17.4 Å². The first-order chi connectivity index (χ1) is 8.13. The first-order valence-corrected chi connectivity index (χ1v) is 6.30. The Morgan fingerprint density at radius 1 is 1.59 bits per heavy atom. The molecule has 1 aliphatic rings. The average molecular weight is 258 g/mol. The van der Waals surface area contributed by atoms with E-state index in [2.05, 4.69) is 11.9 Å². The van der Waals surface area contributed by atoms with Crippen LogP contribution in [0.15, 0.2) is 12.3 Å². The maximum Gasteiger partial charge on any atom is 0.167 e. The number of aromatic nitrogens is 1. The summed E-state index contributed by atoms with van der Waals surface area (Å²) in [5.41, 5.74) is 5.76. The number of rotatable bonds is 2. The van der Waals surface area contributed by atoms with E-state index in [4.69, 9.17) is 17.3 Å². The van der Waals surface area contributed by atoms with Gasteiger partial charge in [-0.05, 0) is 32.3 Å². The van der Waals surface area contributed by atoms with Gasteiger partial charge in [0.25, 0.3) is 0 Å². The standard InChI is InChI=1S/C12H17ClFN3/c1-8-3-2-4-10(6-15)17(8)12-11(14)5-9(13)7-16-12/h5,7-8,10H,2-4,6,15H2,1H3. The summed E-state index contributed by atoms with van der Waals surface area (Å²) in [5, 5.41) is 0.320. The number of halogens is 2. The van der Waals surface area contributed by atoms with Gasteiger partial charge in [0.15, 0.2) is 11.6 Å². The SMILES string of the molecule is CC1CCCC(CN)N1c1ncc(Cl)cc1F. The second kappa shape index (κ2) is 5.19. The van der Waals surface area contributed by atoms with E-state index in [9.17, 15) is 4.39 Å². The minimum Gasteiger partial charge on any atom is -0.347 e. The third kappa shape index (κ3) is 2.53. The normalized spacial score (nSPS) is 25.1. The van der Waals surface area contributed by atoms with Crippen molar-refractivity contribution in [1.29, 1.82) is 0 Å². The summed E-state index contributed by atoms with van der Waals surface area (Å²) in [4.78, 5) is 6.11. The molecule has 2 atom stereocenters. The summed E-state index contributed by atoms with van der Waals surface area (Å²) in [6.45, 7) is 2.60. The second-order valence-corrected chi connectivity index (χ2v) is 4.97. The van der Waals surface area contributed by atoms with Crippen LogP contribution in [-0.2, 0) is 0 Å². The van der Waals surface area contributed by atoms with Crippen LogP contribution in [0.4, 0.5) is 10.2 Å². The molecule has 5 heteroatoms. The van der Waals surface area contributed by atoms with E-state index in [0.717, 1.165) is 19.3 Å². The molecule has 1 aromatic heterocycles. The highest BCUT2D eigenvalue weighted by Crippen LogP contribution is 2.30. The molecule has 0 aliphatic carbocycles. The van der Waals surface area contributed by atoms with Gasteiger partial charge in [0.2, 0.25) is 0 Å². The fraction of sp³-hybridized carbons (Fsp3) is 0.583. The largest absolute Gasteiger partial charge is 0.347 e. The van der Waals surface area contributed by atoms with Crippen molar-refractivity contribution in [3.05, 3.63) is 23.1 Å². The summed E-state index contributed by atoms with van der Waals surface area (Å²) >= 11 is 5.72. The molecule has 0 saturated carbocycles. The van der Waals surface area contributed by atoms with Crippen LogP contribution in [0.2, 0.25) is 5.02 Å². The zero-order valence-electron chi connectivity index (χ0n) is 9.87.